The molecule has 0 unspecified atom stereocenters. The molecule has 0 saturated carbocycles. The zero-order valence-electron chi connectivity index (χ0n) is 27.7. The minimum atomic E-state index is -0.819. The number of ether oxygens (including phenoxy) is 1. The number of Topliss-reactive ketones (excluding diaryl/α,β-unsaturated/α-hetero) is 2. The maximum absolute atomic E-state index is 13.8. The van der Waals surface area contributed by atoms with Gasteiger partial charge in [0.15, 0.2) is 17.5 Å². The van der Waals surface area contributed by atoms with E-state index >= 15 is 0 Å². The number of fused-ring (bicyclic) bond motifs is 1. The molecule has 0 bridgehead atoms. The molecule has 13 nitrogen and oxygen atoms in total. The van der Waals surface area contributed by atoms with Crippen LogP contribution >= 0.6 is 0 Å². The molecule has 1 heterocycles. The van der Waals surface area contributed by atoms with E-state index in [1.54, 1.807) is 4.90 Å². The predicted molar refractivity (Wildman–Crippen MR) is 185 cm³/mol. The maximum atomic E-state index is 13.8. The van der Waals surface area contributed by atoms with Gasteiger partial charge in [-0.1, -0.05) is 48.9 Å². The van der Waals surface area contributed by atoms with E-state index in [2.05, 4.69) is 10.3 Å². The molecule has 262 valence electrons. The summed E-state index contributed by atoms with van der Waals surface area (Å²) in [6, 6.07) is 12.3. The molecule has 3 atom stereocenters. The van der Waals surface area contributed by atoms with E-state index in [9.17, 15) is 24.0 Å². The number of amides is 3. The molecule has 0 spiro atoms. The normalized spacial score (nSPS) is 15.5. The number of nitrogens with one attached hydrogen (secondary N) is 1. The number of guanidine groups is 1. The van der Waals surface area contributed by atoms with Gasteiger partial charge in [-0.25, -0.2) is 0 Å². The molecule has 48 heavy (non-hydrogen) atoms. The standard InChI is InChI=1S/C35H51N7O6/c36-17-4-3-10-26(34(47)41-28(14-6-18-40-35(38)39)30(43)16-8-20-48-23-32(37)45)21-31(44)29-15-7-19-42(29)33(46)22-25-12-5-11-24-9-1-2-13-27(24)25/h1-2,5,9,11-13,26,28-29H,3-4,6-8,10,14-23,36H2,(H2,37,45)(H,41,47)(H4,38,39,40)/t26-,28+,29+/m1/s1. The van der Waals surface area contributed by atoms with Gasteiger partial charge in [-0.2, -0.15) is 0 Å². The number of nitrogens with two attached hydrogens (primary N) is 4. The quantitative estimate of drug-likeness (QED) is 0.0696. The predicted octanol–water partition coefficient (Wildman–Crippen LogP) is 1.47. The van der Waals surface area contributed by atoms with E-state index in [1.165, 1.54) is 0 Å². The Morgan fingerprint density at radius 2 is 1.73 bits per heavy atom. The third kappa shape index (κ3) is 12.3. The largest absolute Gasteiger partial charge is 0.372 e. The molecule has 0 radical (unpaired) electrons. The highest BCUT2D eigenvalue weighted by atomic mass is 16.5. The molecule has 1 fully saturated rings. The van der Waals surface area contributed by atoms with Crippen molar-refractivity contribution in [3.8, 4) is 0 Å². The van der Waals surface area contributed by atoms with Gasteiger partial charge in [-0.3, -0.25) is 29.0 Å². The topological polar surface area (TPSA) is 226 Å². The summed E-state index contributed by atoms with van der Waals surface area (Å²) < 4.78 is 5.16. The van der Waals surface area contributed by atoms with Gasteiger partial charge in [-0.15, -0.1) is 0 Å². The summed E-state index contributed by atoms with van der Waals surface area (Å²) in [5, 5.41) is 4.95. The molecule has 1 aliphatic heterocycles. The van der Waals surface area contributed by atoms with Gasteiger partial charge in [0.2, 0.25) is 17.7 Å². The number of hydrogen-bond donors (Lipinski definition) is 5. The van der Waals surface area contributed by atoms with Crippen LogP contribution in [0, 0.1) is 5.92 Å². The first-order valence-corrected chi connectivity index (χ1v) is 16.8. The minimum Gasteiger partial charge on any atom is -0.372 e. The summed E-state index contributed by atoms with van der Waals surface area (Å²) in [7, 11) is 0. The number of nitrogens with zero attached hydrogens (tertiary/aromatic N) is 2. The second kappa shape index (κ2) is 20.1. The molecule has 9 N–H and O–H groups in total. The average molecular weight is 666 g/mol. The van der Waals surface area contributed by atoms with Crippen molar-refractivity contribution in [1.29, 1.82) is 0 Å². The Morgan fingerprint density at radius 1 is 0.958 bits per heavy atom. The summed E-state index contributed by atoms with van der Waals surface area (Å²) in [6.45, 7) is 1.15. The van der Waals surface area contributed by atoms with Gasteiger partial charge in [0.05, 0.1) is 18.5 Å². The first-order chi connectivity index (χ1) is 23.1. The molecule has 0 aliphatic carbocycles. The molecular weight excluding hydrogens is 614 g/mol. The van der Waals surface area contributed by atoms with Crippen LogP contribution in [0.15, 0.2) is 47.5 Å². The molecular formula is C35H51N7O6. The number of benzene rings is 2. The molecule has 13 heteroatoms. The van der Waals surface area contributed by atoms with E-state index in [0.717, 1.165) is 16.3 Å². The average Bonchev–Trinajstić information content (AvgIpc) is 3.56. The van der Waals surface area contributed by atoms with Crippen molar-refractivity contribution < 1.29 is 28.7 Å². The van der Waals surface area contributed by atoms with Crippen LogP contribution in [0.25, 0.3) is 10.8 Å². The lowest BCUT2D eigenvalue weighted by atomic mass is 9.91. The van der Waals surface area contributed by atoms with E-state index in [1.807, 2.05) is 42.5 Å². The van der Waals surface area contributed by atoms with Crippen molar-refractivity contribution in [3.63, 3.8) is 0 Å². The van der Waals surface area contributed by atoms with Crippen LogP contribution in [0.2, 0.25) is 0 Å². The fourth-order valence-electron chi connectivity index (χ4n) is 6.15. The number of likely N-dealkylation sites (tertiary alicyclic amines) is 1. The number of rotatable bonds is 22. The smallest absolute Gasteiger partial charge is 0.243 e. The first-order valence-electron chi connectivity index (χ1n) is 16.8. The van der Waals surface area contributed by atoms with Gasteiger partial charge in [-0.05, 0) is 67.8 Å². The van der Waals surface area contributed by atoms with E-state index in [4.69, 9.17) is 27.7 Å². The van der Waals surface area contributed by atoms with Crippen molar-refractivity contribution >= 4 is 46.0 Å². The summed E-state index contributed by atoms with van der Waals surface area (Å²) in [5.74, 6) is -2.22. The van der Waals surface area contributed by atoms with Crippen LogP contribution in [0.3, 0.4) is 0 Å². The number of carbonyl (C=O) groups is 5. The van der Waals surface area contributed by atoms with Crippen molar-refractivity contribution in [1.82, 2.24) is 10.2 Å². The van der Waals surface area contributed by atoms with Crippen molar-refractivity contribution in [2.24, 2.45) is 33.8 Å². The lowest BCUT2D eigenvalue weighted by Crippen LogP contribution is -2.46. The maximum Gasteiger partial charge on any atom is 0.243 e. The summed E-state index contributed by atoms with van der Waals surface area (Å²) in [4.78, 5) is 70.7. The van der Waals surface area contributed by atoms with Crippen molar-refractivity contribution in [2.45, 2.75) is 82.7 Å². The third-order valence-electron chi connectivity index (χ3n) is 8.60. The first kappa shape index (κ1) is 38.1. The molecule has 2 aromatic rings. The Hall–Kier alpha value is -4.36. The fraction of sp³-hybridized carbons (Fsp3) is 0.543. The van der Waals surface area contributed by atoms with Crippen LogP contribution in [-0.2, 0) is 35.1 Å². The van der Waals surface area contributed by atoms with Crippen LogP contribution in [0.1, 0.15) is 69.8 Å². The monoisotopic (exact) mass is 665 g/mol. The highest BCUT2D eigenvalue weighted by Gasteiger charge is 2.36. The summed E-state index contributed by atoms with van der Waals surface area (Å²) >= 11 is 0. The van der Waals surface area contributed by atoms with Gasteiger partial charge >= 0.3 is 0 Å². The number of unbranched alkanes of at least 4 members (excludes halogenated alkanes) is 1. The van der Waals surface area contributed by atoms with Crippen LogP contribution in [0.4, 0.5) is 0 Å². The Morgan fingerprint density at radius 3 is 2.48 bits per heavy atom. The molecule has 3 rings (SSSR count). The molecule has 3 amide bonds. The third-order valence-corrected chi connectivity index (χ3v) is 8.60. The fourth-order valence-corrected chi connectivity index (χ4v) is 6.15. The van der Waals surface area contributed by atoms with Crippen molar-refractivity contribution in [3.05, 3.63) is 48.0 Å². The molecule has 1 saturated heterocycles. The number of aliphatic imine (C=N–C) groups is 1. The number of ketones is 2. The van der Waals surface area contributed by atoms with Crippen LogP contribution < -0.4 is 28.3 Å². The SMILES string of the molecule is NCCCC[C@H](CC(=O)[C@@H]1CCCN1C(=O)Cc1cccc2ccccc12)C(=O)N[C@@H](CCCN=C(N)N)C(=O)CCCOCC(N)=O. The van der Waals surface area contributed by atoms with Gasteiger partial charge in [0.1, 0.15) is 6.61 Å². The highest BCUT2D eigenvalue weighted by molar-refractivity contribution is 5.96. The minimum absolute atomic E-state index is 0.0466. The number of primary amides is 1. The summed E-state index contributed by atoms with van der Waals surface area (Å²) in [5.41, 5.74) is 22.6. The lowest BCUT2D eigenvalue weighted by molar-refractivity contribution is -0.138. The zero-order chi connectivity index (χ0) is 34.9. The zero-order valence-corrected chi connectivity index (χ0v) is 27.7. The Kier molecular flexibility index (Phi) is 16.0. The number of hydrogen-bond acceptors (Lipinski definition) is 8. The lowest BCUT2D eigenvalue weighted by Gasteiger charge is -2.26. The second-order valence-electron chi connectivity index (χ2n) is 12.3. The van der Waals surface area contributed by atoms with E-state index < -0.39 is 29.8 Å². The Labute approximate surface area is 282 Å². The van der Waals surface area contributed by atoms with Gasteiger partial charge < -0.3 is 37.9 Å². The number of carbonyl (C=O) groups excluding carboxylic acids is 5. The summed E-state index contributed by atoms with van der Waals surface area (Å²) in [6.07, 6.45) is 4.32. The van der Waals surface area contributed by atoms with E-state index in [-0.39, 0.29) is 62.5 Å². The van der Waals surface area contributed by atoms with Crippen LogP contribution in [-0.4, -0.2) is 85.1 Å². The Bertz CT molecular complexity index is 1420. The van der Waals surface area contributed by atoms with Gasteiger partial charge in [0.25, 0.3) is 0 Å². The Balaban J connectivity index is 1.68. The second-order valence-corrected chi connectivity index (χ2v) is 12.3. The van der Waals surface area contributed by atoms with Crippen molar-refractivity contribution in [2.75, 3.05) is 32.8 Å². The van der Waals surface area contributed by atoms with Crippen LogP contribution in [0.5, 0.6) is 0 Å². The molecule has 0 aromatic heterocycles. The van der Waals surface area contributed by atoms with E-state index in [0.29, 0.717) is 64.5 Å². The van der Waals surface area contributed by atoms with Gasteiger partial charge in [0, 0.05) is 38.5 Å². The molecule has 2 aromatic carbocycles. The molecule has 1 aliphatic rings. The highest BCUT2D eigenvalue weighted by Crippen LogP contribution is 2.26.